The van der Waals surface area contributed by atoms with Crippen LogP contribution in [0.25, 0.3) is 0 Å². The van der Waals surface area contributed by atoms with Crippen LogP contribution < -0.4 is 4.31 Å². The summed E-state index contributed by atoms with van der Waals surface area (Å²) in [6, 6.07) is 22.9. The van der Waals surface area contributed by atoms with Crippen LogP contribution in [0.15, 0.2) is 78.9 Å². The van der Waals surface area contributed by atoms with Crippen LogP contribution in [0.1, 0.15) is 21.5 Å². The highest BCUT2D eigenvalue weighted by molar-refractivity contribution is 7.90. The van der Waals surface area contributed by atoms with Crippen molar-refractivity contribution in [3.8, 4) is 0 Å². The summed E-state index contributed by atoms with van der Waals surface area (Å²) in [7, 11) is -1.12. The van der Waals surface area contributed by atoms with Gasteiger partial charge in [0.15, 0.2) is 0 Å². The summed E-state index contributed by atoms with van der Waals surface area (Å²) >= 11 is 0. The molecule has 0 saturated carbocycles. The number of para-hydroxylation sites is 1. The highest BCUT2D eigenvalue weighted by Gasteiger charge is 2.28. The molecule has 0 aromatic heterocycles. The minimum Gasteiger partial charge on any atom is -0.336 e. The smallest absolute Gasteiger partial charge is 0.303 e. The van der Waals surface area contributed by atoms with E-state index < -0.39 is 16.0 Å². The highest BCUT2D eigenvalue weighted by Crippen LogP contribution is 2.25. The van der Waals surface area contributed by atoms with Crippen molar-refractivity contribution in [3.63, 3.8) is 0 Å². The summed E-state index contributed by atoms with van der Waals surface area (Å²) in [5.74, 6) is -0.672. The van der Waals surface area contributed by atoms with Crippen molar-refractivity contribution < 1.29 is 17.6 Å². The molecule has 3 aromatic carbocycles. The van der Waals surface area contributed by atoms with Gasteiger partial charge in [0.2, 0.25) is 0 Å². The first-order valence-electron chi connectivity index (χ1n) is 11.8. The van der Waals surface area contributed by atoms with Crippen molar-refractivity contribution in [2.24, 2.45) is 0 Å². The molecule has 36 heavy (non-hydrogen) atoms. The first-order valence-corrected chi connectivity index (χ1v) is 13.2. The Morgan fingerprint density at radius 1 is 0.833 bits per heavy atom. The maximum atomic E-state index is 14.5. The van der Waals surface area contributed by atoms with Crippen molar-refractivity contribution in [3.05, 3.63) is 101 Å². The third kappa shape index (κ3) is 5.92. The Labute approximate surface area is 212 Å². The predicted molar refractivity (Wildman–Crippen MR) is 139 cm³/mol. The van der Waals surface area contributed by atoms with E-state index in [2.05, 4.69) is 17.0 Å². The Morgan fingerprint density at radius 2 is 1.44 bits per heavy atom. The largest absolute Gasteiger partial charge is 0.336 e. The standard InChI is InChI=1S/C27H31FN4O3S/c1-29(2)36(34,35)32(26-11-7-6-10-25(26)28)21-23-12-14-24(15-13-23)27(33)31-18-16-30(17-19-31)20-22-8-4-3-5-9-22/h3-15H,16-21H2,1-2H3. The van der Waals surface area contributed by atoms with E-state index in [1.165, 1.54) is 37.9 Å². The van der Waals surface area contributed by atoms with Crippen molar-refractivity contribution >= 4 is 21.8 Å². The number of halogens is 1. The molecule has 3 aromatic rings. The lowest BCUT2D eigenvalue weighted by molar-refractivity contribution is 0.0628. The van der Waals surface area contributed by atoms with Crippen molar-refractivity contribution in [1.29, 1.82) is 0 Å². The number of piperazine rings is 1. The summed E-state index contributed by atoms with van der Waals surface area (Å²) in [6.45, 7) is 3.71. The summed E-state index contributed by atoms with van der Waals surface area (Å²) in [5.41, 5.74) is 2.42. The molecule has 0 N–H and O–H groups in total. The third-order valence-electron chi connectivity index (χ3n) is 6.30. The molecule has 0 atom stereocenters. The predicted octanol–water partition coefficient (Wildman–Crippen LogP) is 3.60. The van der Waals surface area contributed by atoms with E-state index in [9.17, 15) is 17.6 Å². The van der Waals surface area contributed by atoms with Gasteiger partial charge in [0, 0.05) is 52.4 Å². The van der Waals surface area contributed by atoms with E-state index >= 15 is 0 Å². The van der Waals surface area contributed by atoms with Gasteiger partial charge in [0.05, 0.1) is 12.2 Å². The summed E-state index contributed by atoms with van der Waals surface area (Å²) in [5, 5.41) is 0. The van der Waals surface area contributed by atoms with Crippen molar-refractivity contribution in [2.75, 3.05) is 44.6 Å². The Balaban J connectivity index is 1.42. The lowest BCUT2D eigenvalue weighted by Crippen LogP contribution is -2.48. The van der Waals surface area contributed by atoms with Gasteiger partial charge in [-0.3, -0.25) is 14.0 Å². The maximum Gasteiger partial charge on any atom is 0.303 e. The van der Waals surface area contributed by atoms with Crippen LogP contribution in [0.3, 0.4) is 0 Å². The van der Waals surface area contributed by atoms with Crippen LogP contribution in [0.5, 0.6) is 0 Å². The summed E-state index contributed by atoms with van der Waals surface area (Å²) in [6.07, 6.45) is 0. The molecule has 1 saturated heterocycles. The number of hydrogen-bond acceptors (Lipinski definition) is 4. The van der Waals surface area contributed by atoms with Crippen LogP contribution in [0.4, 0.5) is 10.1 Å². The Hall–Kier alpha value is -3.27. The lowest BCUT2D eigenvalue weighted by Gasteiger charge is -2.34. The van der Waals surface area contributed by atoms with Gasteiger partial charge in [-0.15, -0.1) is 0 Å². The molecule has 0 aliphatic carbocycles. The molecule has 1 heterocycles. The SMILES string of the molecule is CN(C)S(=O)(=O)N(Cc1ccc(C(=O)N2CCN(Cc3ccccc3)CC2)cc1)c1ccccc1F. The first-order chi connectivity index (χ1) is 17.3. The van der Waals surface area contributed by atoms with Crippen molar-refractivity contribution in [2.45, 2.75) is 13.1 Å². The molecule has 0 spiro atoms. The van der Waals surface area contributed by atoms with Gasteiger partial charge in [0.25, 0.3) is 5.91 Å². The van der Waals surface area contributed by atoms with E-state index in [0.29, 0.717) is 24.2 Å². The Morgan fingerprint density at radius 3 is 2.06 bits per heavy atom. The monoisotopic (exact) mass is 510 g/mol. The fourth-order valence-corrected chi connectivity index (χ4v) is 5.30. The van der Waals surface area contributed by atoms with Gasteiger partial charge in [-0.05, 0) is 35.4 Å². The van der Waals surface area contributed by atoms with Crippen LogP contribution in [-0.2, 0) is 23.3 Å². The number of amides is 1. The second-order valence-electron chi connectivity index (χ2n) is 9.00. The molecule has 7 nitrogen and oxygen atoms in total. The van der Waals surface area contributed by atoms with Gasteiger partial charge in [-0.2, -0.15) is 12.7 Å². The molecule has 190 valence electrons. The zero-order valence-electron chi connectivity index (χ0n) is 20.5. The minimum atomic E-state index is -3.94. The second-order valence-corrected chi connectivity index (χ2v) is 11.1. The quantitative estimate of drug-likeness (QED) is 0.465. The minimum absolute atomic E-state index is 0.0280. The van der Waals surface area contributed by atoms with Crippen LogP contribution in [0, 0.1) is 5.82 Å². The summed E-state index contributed by atoms with van der Waals surface area (Å²) < 4.78 is 42.4. The summed E-state index contributed by atoms with van der Waals surface area (Å²) in [4.78, 5) is 17.2. The molecule has 0 bridgehead atoms. The van der Waals surface area contributed by atoms with E-state index in [1.54, 1.807) is 30.3 Å². The fourth-order valence-electron chi connectivity index (χ4n) is 4.19. The molecule has 1 fully saturated rings. The average Bonchev–Trinajstić information content (AvgIpc) is 2.89. The molecular weight excluding hydrogens is 479 g/mol. The van der Waals surface area contributed by atoms with Crippen LogP contribution in [0.2, 0.25) is 0 Å². The molecular formula is C27H31FN4O3S. The fraction of sp³-hybridized carbons (Fsp3) is 0.296. The van der Waals surface area contributed by atoms with Crippen molar-refractivity contribution in [1.82, 2.24) is 14.1 Å². The molecule has 4 rings (SSSR count). The number of carbonyl (C=O) groups excluding carboxylic acids is 1. The molecule has 0 radical (unpaired) electrons. The van der Waals surface area contributed by atoms with E-state index in [0.717, 1.165) is 28.2 Å². The molecule has 1 aliphatic rings. The van der Waals surface area contributed by atoms with E-state index in [1.807, 2.05) is 23.1 Å². The highest BCUT2D eigenvalue weighted by atomic mass is 32.2. The first kappa shape index (κ1) is 25.8. The van der Waals surface area contributed by atoms with Gasteiger partial charge >= 0.3 is 10.2 Å². The Bertz CT molecular complexity index is 1280. The molecule has 0 unspecified atom stereocenters. The molecule has 9 heteroatoms. The van der Waals surface area contributed by atoms with Crippen LogP contribution in [-0.4, -0.2) is 68.7 Å². The third-order valence-corrected chi connectivity index (χ3v) is 8.10. The van der Waals surface area contributed by atoms with Gasteiger partial charge in [-0.25, -0.2) is 4.39 Å². The number of anilines is 1. The van der Waals surface area contributed by atoms with E-state index in [4.69, 9.17) is 0 Å². The number of nitrogens with zero attached hydrogens (tertiary/aromatic N) is 4. The van der Waals surface area contributed by atoms with Gasteiger partial charge in [-0.1, -0.05) is 54.6 Å². The molecule has 1 aliphatic heterocycles. The number of carbonyl (C=O) groups is 1. The zero-order valence-corrected chi connectivity index (χ0v) is 21.4. The topological polar surface area (TPSA) is 64.2 Å². The average molecular weight is 511 g/mol. The van der Waals surface area contributed by atoms with Crippen LogP contribution >= 0.6 is 0 Å². The van der Waals surface area contributed by atoms with E-state index in [-0.39, 0.29) is 18.1 Å². The maximum absolute atomic E-state index is 14.5. The normalized spacial score (nSPS) is 14.7. The number of hydrogen-bond donors (Lipinski definition) is 0. The lowest BCUT2D eigenvalue weighted by atomic mass is 10.1. The number of benzene rings is 3. The molecule has 1 amide bonds. The zero-order chi connectivity index (χ0) is 25.7. The van der Waals surface area contributed by atoms with Gasteiger partial charge < -0.3 is 4.90 Å². The second kappa shape index (κ2) is 11.2. The Kier molecular flexibility index (Phi) is 8.03. The van der Waals surface area contributed by atoms with Gasteiger partial charge in [0.1, 0.15) is 5.82 Å². The number of rotatable bonds is 8.